The number of aliphatic hydroxyl groups excluding tert-OH is 1. The zero-order chi connectivity index (χ0) is 15.5. The van der Waals surface area contributed by atoms with Crippen molar-refractivity contribution >= 4 is 27.5 Å². The molecular formula is C16H16N2O3S. The van der Waals surface area contributed by atoms with Crippen molar-refractivity contribution in [2.75, 3.05) is 6.61 Å². The van der Waals surface area contributed by atoms with Gasteiger partial charge in [0, 0.05) is 12.6 Å². The number of furan rings is 1. The number of nitrogens with one attached hydrogen (secondary N) is 1. The summed E-state index contributed by atoms with van der Waals surface area (Å²) in [6.07, 6.45) is 0.511. The number of aliphatic hydroxyl groups is 1. The first kappa shape index (κ1) is 14.7. The van der Waals surface area contributed by atoms with Gasteiger partial charge in [-0.25, -0.2) is 4.98 Å². The van der Waals surface area contributed by atoms with Crippen molar-refractivity contribution in [1.82, 2.24) is 10.3 Å². The highest BCUT2D eigenvalue weighted by molar-refractivity contribution is 7.21. The summed E-state index contributed by atoms with van der Waals surface area (Å²) in [5.41, 5.74) is 0.918. The molecule has 0 aliphatic heterocycles. The Balaban J connectivity index is 1.79. The van der Waals surface area contributed by atoms with Gasteiger partial charge in [-0.3, -0.25) is 4.79 Å². The quantitative estimate of drug-likeness (QED) is 0.758. The summed E-state index contributed by atoms with van der Waals surface area (Å²) in [5, 5.41) is 12.4. The molecule has 2 heterocycles. The van der Waals surface area contributed by atoms with Gasteiger partial charge in [0.15, 0.2) is 16.5 Å². The summed E-state index contributed by atoms with van der Waals surface area (Å²) in [5.74, 6) is 0.550. The smallest absolute Gasteiger partial charge is 0.287 e. The Kier molecular flexibility index (Phi) is 4.22. The molecular weight excluding hydrogens is 300 g/mol. The molecule has 0 radical (unpaired) electrons. The van der Waals surface area contributed by atoms with E-state index in [9.17, 15) is 4.79 Å². The van der Waals surface area contributed by atoms with Crippen LogP contribution in [-0.4, -0.2) is 28.6 Å². The van der Waals surface area contributed by atoms with Gasteiger partial charge in [-0.05, 0) is 37.6 Å². The van der Waals surface area contributed by atoms with E-state index in [0.717, 1.165) is 15.2 Å². The molecule has 114 valence electrons. The normalized spacial score (nSPS) is 12.5. The Hall–Kier alpha value is -2.18. The van der Waals surface area contributed by atoms with Crippen LogP contribution in [0.3, 0.4) is 0 Å². The van der Waals surface area contributed by atoms with Crippen molar-refractivity contribution in [3.63, 3.8) is 0 Å². The van der Waals surface area contributed by atoms with Crippen LogP contribution in [0.5, 0.6) is 0 Å². The molecule has 0 bridgehead atoms. The molecule has 0 aliphatic carbocycles. The third kappa shape index (κ3) is 3.03. The number of aromatic nitrogens is 1. The summed E-state index contributed by atoms with van der Waals surface area (Å²) in [4.78, 5) is 16.5. The highest BCUT2D eigenvalue weighted by atomic mass is 32.1. The molecule has 1 aromatic carbocycles. The van der Waals surface area contributed by atoms with Gasteiger partial charge in [-0.2, -0.15) is 0 Å². The number of amides is 1. The molecule has 0 spiro atoms. The van der Waals surface area contributed by atoms with E-state index in [4.69, 9.17) is 9.52 Å². The maximum absolute atomic E-state index is 12.0. The van der Waals surface area contributed by atoms with Crippen LogP contribution in [0, 0.1) is 0 Å². The molecule has 2 N–H and O–H groups in total. The summed E-state index contributed by atoms with van der Waals surface area (Å²) >= 11 is 1.53. The number of thiazole rings is 1. The van der Waals surface area contributed by atoms with E-state index < -0.39 is 0 Å². The van der Waals surface area contributed by atoms with E-state index in [1.165, 1.54) is 11.3 Å². The van der Waals surface area contributed by atoms with Gasteiger partial charge < -0.3 is 14.8 Å². The summed E-state index contributed by atoms with van der Waals surface area (Å²) in [6.45, 7) is 1.88. The Morgan fingerprint density at radius 3 is 2.95 bits per heavy atom. The minimum Gasteiger partial charge on any atom is -0.448 e. The lowest BCUT2D eigenvalue weighted by Gasteiger charge is -2.10. The predicted octanol–water partition coefficient (Wildman–Crippen LogP) is 3.06. The van der Waals surface area contributed by atoms with E-state index in [1.54, 1.807) is 12.1 Å². The Morgan fingerprint density at radius 2 is 2.18 bits per heavy atom. The maximum atomic E-state index is 12.0. The largest absolute Gasteiger partial charge is 0.448 e. The van der Waals surface area contributed by atoms with E-state index in [1.807, 2.05) is 31.2 Å². The fourth-order valence-corrected chi connectivity index (χ4v) is 3.04. The molecule has 1 amide bonds. The highest BCUT2D eigenvalue weighted by Crippen LogP contribution is 2.31. The first-order chi connectivity index (χ1) is 10.7. The number of carbonyl (C=O) groups is 1. The molecule has 22 heavy (non-hydrogen) atoms. The first-order valence-electron chi connectivity index (χ1n) is 7.05. The average molecular weight is 316 g/mol. The lowest BCUT2D eigenvalue weighted by molar-refractivity contribution is 0.0907. The first-order valence-corrected chi connectivity index (χ1v) is 7.86. The molecule has 0 aliphatic rings. The Morgan fingerprint density at radius 1 is 1.36 bits per heavy atom. The fourth-order valence-electron chi connectivity index (χ4n) is 2.11. The molecule has 5 nitrogen and oxygen atoms in total. The highest BCUT2D eigenvalue weighted by Gasteiger charge is 2.16. The number of hydrogen-bond acceptors (Lipinski definition) is 5. The van der Waals surface area contributed by atoms with Crippen molar-refractivity contribution in [1.29, 1.82) is 0 Å². The van der Waals surface area contributed by atoms with Gasteiger partial charge in [-0.15, -0.1) is 11.3 Å². The minimum absolute atomic E-state index is 0.0382. The van der Waals surface area contributed by atoms with E-state index >= 15 is 0 Å². The van der Waals surface area contributed by atoms with E-state index in [0.29, 0.717) is 12.2 Å². The third-order valence-corrected chi connectivity index (χ3v) is 4.33. The van der Waals surface area contributed by atoms with Crippen LogP contribution >= 0.6 is 11.3 Å². The maximum Gasteiger partial charge on any atom is 0.287 e. The number of carbonyl (C=O) groups excluding carboxylic acids is 1. The van der Waals surface area contributed by atoms with Gasteiger partial charge in [0.2, 0.25) is 0 Å². The monoisotopic (exact) mass is 316 g/mol. The van der Waals surface area contributed by atoms with E-state index in [2.05, 4.69) is 10.3 Å². The van der Waals surface area contributed by atoms with Crippen molar-refractivity contribution in [2.45, 2.75) is 19.4 Å². The topological polar surface area (TPSA) is 75.4 Å². The molecule has 3 aromatic rings. The van der Waals surface area contributed by atoms with Crippen LogP contribution in [-0.2, 0) is 0 Å². The van der Waals surface area contributed by atoms with Crippen LogP contribution in [0.1, 0.15) is 23.9 Å². The zero-order valence-corrected chi connectivity index (χ0v) is 12.9. The number of nitrogens with zero attached hydrogens (tertiary/aromatic N) is 1. The standard InChI is InChI=1S/C16H16N2O3S/c1-10(8-9-19)17-15(20)12-6-7-13(21-12)16-18-11-4-2-3-5-14(11)22-16/h2-7,10,19H,8-9H2,1H3,(H,17,20). The lowest BCUT2D eigenvalue weighted by atomic mass is 10.2. The molecule has 3 rings (SSSR count). The van der Waals surface area contributed by atoms with Gasteiger partial charge in [0.05, 0.1) is 10.2 Å². The number of fused-ring (bicyclic) bond motifs is 1. The third-order valence-electron chi connectivity index (χ3n) is 3.27. The van der Waals surface area contributed by atoms with Gasteiger partial charge in [0.1, 0.15) is 0 Å². The minimum atomic E-state index is -0.284. The number of benzene rings is 1. The molecule has 1 atom stereocenters. The average Bonchev–Trinajstić information content (AvgIpc) is 3.14. The van der Waals surface area contributed by atoms with Gasteiger partial charge in [-0.1, -0.05) is 12.1 Å². The number of hydrogen-bond donors (Lipinski definition) is 2. The van der Waals surface area contributed by atoms with Gasteiger partial charge in [0.25, 0.3) is 5.91 Å². The molecule has 1 unspecified atom stereocenters. The second-order valence-corrected chi connectivity index (χ2v) is 6.07. The summed E-state index contributed by atoms with van der Waals surface area (Å²) in [6, 6.07) is 11.1. The van der Waals surface area contributed by atoms with Crippen LogP contribution in [0.4, 0.5) is 0 Å². The summed E-state index contributed by atoms with van der Waals surface area (Å²) in [7, 11) is 0. The van der Waals surface area contributed by atoms with Crippen molar-refractivity contribution in [3.05, 3.63) is 42.2 Å². The van der Waals surface area contributed by atoms with Crippen LogP contribution < -0.4 is 5.32 Å². The molecule has 6 heteroatoms. The van der Waals surface area contributed by atoms with Crippen LogP contribution in [0.2, 0.25) is 0 Å². The summed E-state index contributed by atoms with van der Waals surface area (Å²) < 4.78 is 6.69. The predicted molar refractivity (Wildman–Crippen MR) is 86.0 cm³/mol. The molecule has 2 aromatic heterocycles. The second kappa shape index (κ2) is 6.29. The van der Waals surface area contributed by atoms with Gasteiger partial charge >= 0.3 is 0 Å². The molecule has 0 fully saturated rings. The fraction of sp³-hybridized carbons (Fsp3) is 0.250. The number of rotatable bonds is 5. The van der Waals surface area contributed by atoms with Crippen molar-refractivity contribution < 1.29 is 14.3 Å². The Labute approximate surface area is 131 Å². The van der Waals surface area contributed by atoms with Crippen molar-refractivity contribution in [3.8, 4) is 10.8 Å². The molecule has 0 saturated heterocycles. The second-order valence-electron chi connectivity index (χ2n) is 5.04. The van der Waals surface area contributed by atoms with Crippen LogP contribution in [0.15, 0.2) is 40.8 Å². The van der Waals surface area contributed by atoms with Crippen LogP contribution in [0.25, 0.3) is 21.0 Å². The zero-order valence-electron chi connectivity index (χ0n) is 12.1. The van der Waals surface area contributed by atoms with E-state index in [-0.39, 0.29) is 24.3 Å². The SMILES string of the molecule is CC(CCO)NC(=O)c1ccc(-c2nc3ccccc3s2)o1. The van der Waals surface area contributed by atoms with Crippen molar-refractivity contribution in [2.24, 2.45) is 0 Å². The number of para-hydroxylation sites is 1. The Bertz CT molecular complexity index is 760. The molecule has 0 saturated carbocycles. The lowest BCUT2D eigenvalue weighted by Crippen LogP contribution is -2.32.